The highest BCUT2D eigenvalue weighted by Crippen LogP contribution is 2.28. The molecule has 5 nitrogen and oxygen atoms in total. The first-order chi connectivity index (χ1) is 12.8. The summed E-state index contributed by atoms with van der Waals surface area (Å²) in [5.74, 6) is 0.0335. The molecule has 1 heterocycles. The number of halogens is 1. The van der Waals surface area contributed by atoms with Crippen molar-refractivity contribution in [3.8, 4) is 0 Å². The number of hydrogen-bond acceptors (Lipinski definition) is 3. The van der Waals surface area contributed by atoms with Crippen molar-refractivity contribution in [2.45, 2.75) is 37.5 Å². The van der Waals surface area contributed by atoms with Crippen LogP contribution in [-0.2, 0) is 10.0 Å². The summed E-state index contributed by atoms with van der Waals surface area (Å²) < 4.78 is 27.0. The zero-order chi connectivity index (χ0) is 19.6. The number of amides is 1. The van der Waals surface area contributed by atoms with Gasteiger partial charge in [-0.25, -0.2) is 8.42 Å². The molecule has 0 aliphatic carbocycles. The van der Waals surface area contributed by atoms with Gasteiger partial charge in [0.05, 0.1) is 5.02 Å². The van der Waals surface area contributed by atoms with Gasteiger partial charge in [0.15, 0.2) is 0 Å². The molecule has 0 unspecified atom stereocenters. The van der Waals surface area contributed by atoms with Crippen molar-refractivity contribution in [2.24, 2.45) is 0 Å². The van der Waals surface area contributed by atoms with Crippen LogP contribution >= 0.6 is 11.6 Å². The van der Waals surface area contributed by atoms with Crippen LogP contribution in [0.25, 0.3) is 0 Å². The van der Waals surface area contributed by atoms with Crippen LogP contribution in [0.4, 0.5) is 5.69 Å². The summed E-state index contributed by atoms with van der Waals surface area (Å²) in [6.45, 7) is 5.17. The first-order valence-corrected chi connectivity index (χ1v) is 10.8. The molecule has 0 saturated carbocycles. The average Bonchev–Trinajstić information content (AvgIpc) is 3.18. The number of sulfonamides is 1. The number of benzene rings is 2. The number of nitrogens with one attached hydrogen (secondary N) is 1. The largest absolute Gasteiger partial charge is 0.322 e. The summed E-state index contributed by atoms with van der Waals surface area (Å²) in [4.78, 5) is 12.6. The van der Waals surface area contributed by atoms with Crippen molar-refractivity contribution in [3.05, 3.63) is 58.6 Å². The van der Waals surface area contributed by atoms with Crippen molar-refractivity contribution in [1.29, 1.82) is 0 Å². The summed E-state index contributed by atoms with van der Waals surface area (Å²) in [6, 6.07) is 11.9. The van der Waals surface area contributed by atoms with Crippen molar-refractivity contribution < 1.29 is 13.2 Å². The lowest BCUT2D eigenvalue weighted by Gasteiger charge is -2.17. The zero-order valence-electron chi connectivity index (χ0n) is 15.4. The highest BCUT2D eigenvalue weighted by molar-refractivity contribution is 7.89. The molecule has 144 valence electrons. The predicted octanol–water partition coefficient (Wildman–Crippen LogP) is 4.50. The fourth-order valence-corrected chi connectivity index (χ4v) is 5.08. The molecule has 1 amide bonds. The summed E-state index contributed by atoms with van der Waals surface area (Å²) in [7, 11) is -3.69. The van der Waals surface area contributed by atoms with Gasteiger partial charge in [-0.15, -0.1) is 0 Å². The Morgan fingerprint density at radius 2 is 1.70 bits per heavy atom. The highest BCUT2D eigenvalue weighted by Gasteiger charge is 2.29. The molecule has 1 aliphatic heterocycles. The minimum atomic E-state index is -3.69. The molecule has 0 bridgehead atoms. The molecular formula is C20H23ClN2O3S. The quantitative estimate of drug-likeness (QED) is 0.794. The molecule has 0 spiro atoms. The second kappa shape index (κ2) is 8.00. The Kier molecular flexibility index (Phi) is 5.89. The van der Waals surface area contributed by atoms with Gasteiger partial charge >= 0.3 is 0 Å². The number of carbonyl (C=O) groups excluding carboxylic acids is 1. The third kappa shape index (κ3) is 4.34. The smallest absolute Gasteiger partial charge is 0.255 e. The van der Waals surface area contributed by atoms with Gasteiger partial charge in [-0.1, -0.05) is 37.6 Å². The minimum Gasteiger partial charge on any atom is -0.322 e. The van der Waals surface area contributed by atoms with Crippen LogP contribution in [0.3, 0.4) is 0 Å². The third-order valence-corrected chi connectivity index (χ3v) is 7.09. The first-order valence-electron chi connectivity index (χ1n) is 9.00. The number of rotatable bonds is 5. The standard InChI is InChI=1S/C20H23ClN2O3S/c1-14(2)15-5-8-17(9-6-15)22-20(24)16-7-10-18(21)19(13-16)27(25,26)23-11-3-4-12-23/h5-10,13-14H,3-4,11-12H2,1-2H3,(H,22,24). The van der Waals surface area contributed by atoms with Crippen molar-refractivity contribution >= 4 is 33.2 Å². The third-order valence-electron chi connectivity index (χ3n) is 4.71. The Morgan fingerprint density at radius 1 is 1.07 bits per heavy atom. The molecule has 7 heteroatoms. The molecular weight excluding hydrogens is 384 g/mol. The topological polar surface area (TPSA) is 66.5 Å². The molecule has 2 aromatic rings. The van der Waals surface area contributed by atoms with Crippen LogP contribution in [0.15, 0.2) is 47.4 Å². The molecule has 0 aromatic heterocycles. The van der Waals surface area contributed by atoms with Crippen LogP contribution in [-0.4, -0.2) is 31.7 Å². The Morgan fingerprint density at radius 3 is 2.30 bits per heavy atom. The fourth-order valence-electron chi connectivity index (χ4n) is 3.06. The van der Waals surface area contributed by atoms with Gasteiger partial charge in [-0.05, 0) is 54.7 Å². The van der Waals surface area contributed by atoms with E-state index in [4.69, 9.17) is 11.6 Å². The molecule has 3 rings (SSSR count). The van der Waals surface area contributed by atoms with Crippen LogP contribution in [0.2, 0.25) is 5.02 Å². The van der Waals surface area contributed by atoms with Gasteiger partial charge < -0.3 is 5.32 Å². The lowest BCUT2D eigenvalue weighted by atomic mass is 10.0. The Hall–Kier alpha value is -1.89. The molecule has 0 radical (unpaired) electrons. The van der Waals surface area contributed by atoms with Gasteiger partial charge in [0.25, 0.3) is 5.91 Å². The molecule has 27 heavy (non-hydrogen) atoms. The molecule has 1 saturated heterocycles. The van der Waals surface area contributed by atoms with Crippen molar-refractivity contribution in [2.75, 3.05) is 18.4 Å². The van der Waals surface area contributed by atoms with Crippen molar-refractivity contribution in [1.82, 2.24) is 4.31 Å². The molecule has 2 aromatic carbocycles. The number of anilines is 1. The van der Waals surface area contributed by atoms with E-state index in [2.05, 4.69) is 19.2 Å². The molecule has 1 N–H and O–H groups in total. The van der Waals surface area contributed by atoms with Crippen molar-refractivity contribution in [3.63, 3.8) is 0 Å². The first kappa shape index (κ1) is 19.9. The maximum Gasteiger partial charge on any atom is 0.255 e. The van der Waals surface area contributed by atoms with Gasteiger partial charge in [0.2, 0.25) is 10.0 Å². The van der Waals surface area contributed by atoms with Gasteiger partial charge in [0, 0.05) is 24.3 Å². The SMILES string of the molecule is CC(C)c1ccc(NC(=O)c2ccc(Cl)c(S(=O)(=O)N3CCCC3)c2)cc1. The van der Waals surface area contributed by atoms with Gasteiger partial charge in [-0.2, -0.15) is 4.31 Å². The second-order valence-electron chi connectivity index (χ2n) is 6.99. The monoisotopic (exact) mass is 406 g/mol. The number of nitrogens with zero attached hydrogens (tertiary/aromatic N) is 1. The maximum absolute atomic E-state index is 12.8. The van der Waals surface area contributed by atoms with Crippen LogP contribution < -0.4 is 5.32 Å². The lowest BCUT2D eigenvalue weighted by molar-refractivity contribution is 0.102. The second-order valence-corrected chi connectivity index (χ2v) is 9.30. The lowest BCUT2D eigenvalue weighted by Crippen LogP contribution is -2.28. The van der Waals surface area contributed by atoms with E-state index in [0.717, 1.165) is 12.8 Å². The minimum absolute atomic E-state index is 0.0196. The van der Waals surface area contributed by atoms with E-state index in [0.29, 0.717) is 24.7 Å². The van der Waals surface area contributed by atoms with E-state index < -0.39 is 10.0 Å². The fraction of sp³-hybridized carbons (Fsp3) is 0.350. The van der Waals surface area contributed by atoms with Gasteiger partial charge in [-0.3, -0.25) is 4.79 Å². The van der Waals surface area contributed by atoms with Crippen LogP contribution in [0, 0.1) is 0 Å². The van der Waals surface area contributed by atoms with E-state index in [1.807, 2.05) is 24.3 Å². The van der Waals surface area contributed by atoms with E-state index in [-0.39, 0.29) is 21.4 Å². The molecule has 1 aliphatic rings. The van der Waals surface area contributed by atoms with E-state index in [1.54, 1.807) is 0 Å². The summed E-state index contributed by atoms with van der Waals surface area (Å²) in [5, 5.41) is 2.93. The van der Waals surface area contributed by atoms with E-state index >= 15 is 0 Å². The Labute approximate surface area is 165 Å². The molecule has 1 fully saturated rings. The maximum atomic E-state index is 12.8. The summed E-state index contributed by atoms with van der Waals surface area (Å²) >= 11 is 6.13. The van der Waals surface area contributed by atoms with E-state index in [9.17, 15) is 13.2 Å². The Bertz CT molecular complexity index is 934. The van der Waals surface area contributed by atoms with Gasteiger partial charge in [0.1, 0.15) is 4.90 Å². The normalized spacial score (nSPS) is 15.3. The van der Waals surface area contributed by atoms with Crippen LogP contribution in [0.1, 0.15) is 48.5 Å². The summed E-state index contributed by atoms with van der Waals surface area (Å²) in [6.07, 6.45) is 1.67. The summed E-state index contributed by atoms with van der Waals surface area (Å²) in [5.41, 5.74) is 2.09. The predicted molar refractivity (Wildman–Crippen MR) is 108 cm³/mol. The number of carbonyl (C=O) groups is 1. The van der Waals surface area contributed by atoms with E-state index in [1.165, 1.54) is 28.1 Å². The van der Waals surface area contributed by atoms with Crippen LogP contribution in [0.5, 0.6) is 0 Å². The molecule has 0 atom stereocenters. The zero-order valence-corrected chi connectivity index (χ0v) is 17.0. The Balaban J connectivity index is 1.83. The average molecular weight is 407 g/mol. The highest BCUT2D eigenvalue weighted by atomic mass is 35.5. The number of hydrogen-bond donors (Lipinski definition) is 1.